The Balaban J connectivity index is 1.75. The molecule has 2 aromatic heterocycles. The number of nitrogens with zero attached hydrogens (tertiary/aromatic N) is 2. The molecule has 1 atom stereocenters. The molecular weight excluding hydrogens is 515 g/mol. The summed E-state index contributed by atoms with van der Waals surface area (Å²) >= 11 is 15.1. The number of fused-ring (bicyclic) bond motifs is 1. The van der Waals surface area contributed by atoms with Crippen LogP contribution in [0.2, 0.25) is 10.0 Å². The van der Waals surface area contributed by atoms with Gasteiger partial charge in [0.1, 0.15) is 17.6 Å². The molecule has 0 bridgehead atoms. The number of thiazole rings is 1. The van der Waals surface area contributed by atoms with E-state index >= 15 is 0 Å². The number of benzene rings is 2. The van der Waals surface area contributed by atoms with Gasteiger partial charge in [0.2, 0.25) is 0 Å². The van der Waals surface area contributed by atoms with Crippen molar-refractivity contribution in [1.29, 1.82) is 0 Å². The fourth-order valence-corrected chi connectivity index (χ4v) is 6.44. The first-order chi connectivity index (χ1) is 16.3. The Bertz CT molecular complexity index is 1490. The number of thiophene rings is 1. The minimum absolute atomic E-state index is 0.0512. The summed E-state index contributed by atoms with van der Waals surface area (Å²) < 4.78 is 6.19. The molecule has 2 aromatic carbocycles. The molecule has 6 nitrogen and oxygen atoms in total. The second-order valence-corrected chi connectivity index (χ2v) is 10.5. The molecule has 3 heterocycles. The predicted octanol–water partition coefficient (Wildman–Crippen LogP) is 6.61. The van der Waals surface area contributed by atoms with Crippen LogP contribution < -0.4 is 9.64 Å². The maximum atomic E-state index is 13.3. The van der Waals surface area contributed by atoms with Gasteiger partial charge in [-0.1, -0.05) is 40.6 Å². The Hall–Kier alpha value is -2.91. The van der Waals surface area contributed by atoms with E-state index in [1.165, 1.54) is 34.7 Å². The summed E-state index contributed by atoms with van der Waals surface area (Å²) in [6.45, 7) is 1.81. The van der Waals surface area contributed by atoms with Crippen molar-refractivity contribution in [2.75, 3.05) is 12.0 Å². The molecular formula is C24H16Cl2N2O4S2. The maximum absolute atomic E-state index is 13.3. The molecule has 1 N–H and O–H groups in total. The average Bonchev–Trinajstić information content (AvgIpc) is 3.51. The van der Waals surface area contributed by atoms with Crippen LogP contribution in [0.5, 0.6) is 5.75 Å². The van der Waals surface area contributed by atoms with Gasteiger partial charge in [0.25, 0.3) is 5.78 Å². The molecule has 5 rings (SSSR count). The normalized spacial score (nSPS) is 17.6. The van der Waals surface area contributed by atoms with Gasteiger partial charge in [-0.15, -0.1) is 11.3 Å². The van der Waals surface area contributed by atoms with E-state index in [0.717, 1.165) is 10.3 Å². The number of methoxy groups -OCH3 is 1. The van der Waals surface area contributed by atoms with Crippen molar-refractivity contribution in [2.24, 2.45) is 0 Å². The molecule has 1 aliphatic heterocycles. The molecule has 0 saturated carbocycles. The van der Waals surface area contributed by atoms with Crippen molar-refractivity contribution in [3.63, 3.8) is 0 Å². The molecule has 172 valence electrons. The molecule has 0 aliphatic carbocycles. The topological polar surface area (TPSA) is 79.7 Å². The van der Waals surface area contributed by atoms with Crippen LogP contribution in [0.1, 0.15) is 22.0 Å². The number of anilines is 1. The van der Waals surface area contributed by atoms with Crippen LogP contribution in [-0.4, -0.2) is 28.9 Å². The standard InChI is InChI=1S/C24H16Cl2N2O4S2/c1-11-8-13(22(32-2)14(26)9-11)20(29)18-19(16-4-3-7-33-16)28(23(31)21(18)30)24-27-15-6-5-12(25)10-17(15)34-24/h3-10,19,29H,1-2H3/b20-18+. The van der Waals surface area contributed by atoms with Gasteiger partial charge in [0.05, 0.1) is 33.5 Å². The van der Waals surface area contributed by atoms with Crippen LogP contribution in [0.4, 0.5) is 5.13 Å². The van der Waals surface area contributed by atoms with E-state index in [4.69, 9.17) is 27.9 Å². The highest BCUT2D eigenvalue weighted by Gasteiger charge is 2.49. The lowest BCUT2D eigenvalue weighted by molar-refractivity contribution is -0.132. The zero-order valence-electron chi connectivity index (χ0n) is 17.8. The Morgan fingerprint density at radius 1 is 1.18 bits per heavy atom. The summed E-state index contributed by atoms with van der Waals surface area (Å²) in [6.07, 6.45) is 0. The van der Waals surface area contributed by atoms with Crippen LogP contribution in [0.15, 0.2) is 53.4 Å². The molecule has 1 fully saturated rings. The maximum Gasteiger partial charge on any atom is 0.301 e. The Morgan fingerprint density at radius 3 is 2.68 bits per heavy atom. The van der Waals surface area contributed by atoms with E-state index in [2.05, 4.69) is 4.98 Å². The second-order valence-electron chi connectivity index (χ2n) is 7.62. The molecule has 0 radical (unpaired) electrons. The number of hydrogen-bond acceptors (Lipinski definition) is 7. The number of amides is 1. The summed E-state index contributed by atoms with van der Waals surface area (Å²) in [5, 5.41) is 14.4. The van der Waals surface area contributed by atoms with Gasteiger partial charge in [-0.3, -0.25) is 14.5 Å². The monoisotopic (exact) mass is 530 g/mol. The lowest BCUT2D eigenvalue weighted by Gasteiger charge is -2.21. The Labute approximate surface area is 212 Å². The number of aliphatic hydroxyl groups excluding tert-OH is 1. The van der Waals surface area contributed by atoms with Crippen molar-refractivity contribution < 1.29 is 19.4 Å². The van der Waals surface area contributed by atoms with E-state index in [1.54, 1.807) is 30.3 Å². The van der Waals surface area contributed by atoms with Gasteiger partial charge in [-0.05, 0) is 54.3 Å². The van der Waals surface area contributed by atoms with Crippen molar-refractivity contribution in [1.82, 2.24) is 4.98 Å². The zero-order chi connectivity index (χ0) is 24.1. The minimum Gasteiger partial charge on any atom is -0.507 e. The Kier molecular flexibility index (Phi) is 5.85. The fourth-order valence-electron chi connectivity index (χ4n) is 3.99. The smallest absolute Gasteiger partial charge is 0.301 e. The van der Waals surface area contributed by atoms with Gasteiger partial charge in [-0.25, -0.2) is 4.98 Å². The minimum atomic E-state index is -0.861. The first kappa shape index (κ1) is 22.9. The summed E-state index contributed by atoms with van der Waals surface area (Å²) in [4.78, 5) is 33.3. The van der Waals surface area contributed by atoms with E-state index < -0.39 is 17.7 Å². The van der Waals surface area contributed by atoms with Crippen LogP contribution in [0, 0.1) is 6.92 Å². The summed E-state index contributed by atoms with van der Waals surface area (Å²) in [6, 6.07) is 11.4. The van der Waals surface area contributed by atoms with Crippen molar-refractivity contribution in [3.8, 4) is 5.75 Å². The molecule has 1 aliphatic rings. The number of aliphatic hydroxyl groups is 1. The SMILES string of the molecule is COc1c(Cl)cc(C)cc1/C(O)=C1\C(=O)C(=O)N(c2nc3ccc(Cl)cc3s2)C1c1cccs1. The number of Topliss-reactive ketones (excluding diaryl/α,β-unsaturated/α-hetero) is 1. The molecule has 1 amide bonds. The zero-order valence-corrected chi connectivity index (χ0v) is 21.0. The van der Waals surface area contributed by atoms with E-state index in [1.807, 2.05) is 24.4 Å². The van der Waals surface area contributed by atoms with Gasteiger partial charge < -0.3 is 9.84 Å². The van der Waals surface area contributed by atoms with Gasteiger partial charge in [0.15, 0.2) is 5.13 Å². The van der Waals surface area contributed by atoms with Crippen molar-refractivity contribution >= 4 is 78.7 Å². The average molecular weight is 531 g/mol. The quantitative estimate of drug-likeness (QED) is 0.182. The number of hydrogen-bond donors (Lipinski definition) is 1. The largest absolute Gasteiger partial charge is 0.507 e. The molecule has 0 spiro atoms. The third-order valence-electron chi connectivity index (χ3n) is 5.45. The predicted molar refractivity (Wildman–Crippen MR) is 136 cm³/mol. The molecule has 4 aromatic rings. The highest BCUT2D eigenvalue weighted by molar-refractivity contribution is 7.22. The lowest BCUT2D eigenvalue weighted by Crippen LogP contribution is -2.28. The molecule has 1 unspecified atom stereocenters. The second kappa shape index (κ2) is 8.70. The summed E-state index contributed by atoms with van der Waals surface area (Å²) in [5.41, 5.74) is 1.61. The number of ether oxygens (including phenoxy) is 1. The van der Waals surface area contributed by atoms with Gasteiger partial charge in [0, 0.05) is 9.90 Å². The van der Waals surface area contributed by atoms with Crippen molar-refractivity contribution in [3.05, 3.63) is 79.5 Å². The van der Waals surface area contributed by atoms with Crippen molar-refractivity contribution in [2.45, 2.75) is 13.0 Å². The van der Waals surface area contributed by atoms with E-state index in [9.17, 15) is 14.7 Å². The third kappa shape index (κ3) is 3.67. The number of aryl methyl sites for hydroxylation is 1. The van der Waals surface area contributed by atoms with Gasteiger partial charge >= 0.3 is 5.91 Å². The lowest BCUT2D eigenvalue weighted by atomic mass is 9.98. The van der Waals surface area contributed by atoms with Crippen LogP contribution in [0.25, 0.3) is 16.0 Å². The van der Waals surface area contributed by atoms with Crippen LogP contribution >= 0.6 is 45.9 Å². The Morgan fingerprint density at radius 2 is 1.97 bits per heavy atom. The number of carbonyl (C=O) groups is 2. The highest BCUT2D eigenvalue weighted by Crippen LogP contribution is 2.47. The summed E-state index contributed by atoms with van der Waals surface area (Å²) in [7, 11) is 1.43. The first-order valence-corrected chi connectivity index (χ1v) is 12.5. The highest BCUT2D eigenvalue weighted by atomic mass is 35.5. The van der Waals surface area contributed by atoms with Gasteiger partial charge in [-0.2, -0.15) is 0 Å². The molecule has 34 heavy (non-hydrogen) atoms. The molecule has 10 heteroatoms. The van der Waals surface area contributed by atoms with E-state index in [0.29, 0.717) is 20.5 Å². The number of rotatable bonds is 4. The van der Waals surface area contributed by atoms with E-state index in [-0.39, 0.29) is 27.7 Å². The van der Waals surface area contributed by atoms with Crippen LogP contribution in [-0.2, 0) is 9.59 Å². The number of halogens is 2. The van der Waals surface area contributed by atoms with Crippen LogP contribution in [0.3, 0.4) is 0 Å². The summed E-state index contributed by atoms with van der Waals surface area (Å²) in [5.74, 6) is -1.72. The first-order valence-electron chi connectivity index (χ1n) is 10.0. The third-order valence-corrected chi connectivity index (χ3v) is 7.91. The fraction of sp³-hybridized carbons (Fsp3) is 0.125. The number of carbonyl (C=O) groups excluding carboxylic acids is 2. The molecule has 1 saturated heterocycles. The number of aromatic nitrogens is 1. The number of ketones is 1.